The molecule has 0 bridgehead atoms. The van der Waals surface area contributed by atoms with Crippen LogP contribution in [0.3, 0.4) is 0 Å². The van der Waals surface area contributed by atoms with Crippen LogP contribution in [0.15, 0.2) is 47.4 Å². The predicted octanol–water partition coefficient (Wildman–Crippen LogP) is 1.37. The van der Waals surface area contributed by atoms with Gasteiger partial charge in [0, 0.05) is 17.1 Å². The van der Waals surface area contributed by atoms with Crippen molar-refractivity contribution < 1.29 is 0 Å². The third-order valence-electron chi connectivity index (χ3n) is 2.66. The number of nitrogens with one attached hydrogen (secondary N) is 2. The molecule has 0 saturated carbocycles. The number of aromatic amines is 1. The number of benzene rings is 1. The Labute approximate surface area is 92.2 Å². The summed E-state index contributed by atoms with van der Waals surface area (Å²) in [5, 5.41) is 2.84. The van der Waals surface area contributed by atoms with Gasteiger partial charge in [-0.3, -0.25) is 9.80 Å². The number of pyridine rings is 1. The summed E-state index contributed by atoms with van der Waals surface area (Å²) in [5.41, 5.74) is 4.44. The largest absolute Gasteiger partial charge is 0.320 e. The minimum atomic E-state index is -0.0742. The van der Waals surface area contributed by atoms with Gasteiger partial charge >= 0.3 is 0 Å². The molecule has 2 aromatic rings. The van der Waals surface area contributed by atoms with Gasteiger partial charge in [0.15, 0.2) is 0 Å². The summed E-state index contributed by atoms with van der Waals surface area (Å²) in [4.78, 5) is 14.7. The average molecular weight is 213 g/mol. The number of hydrogen-bond acceptors (Lipinski definition) is 3. The zero-order chi connectivity index (χ0) is 11.0. The van der Waals surface area contributed by atoms with Crippen LogP contribution in [0.25, 0.3) is 10.9 Å². The number of fused-ring (bicyclic) bond motifs is 1. The first-order valence-electron chi connectivity index (χ1n) is 5.15. The van der Waals surface area contributed by atoms with E-state index in [2.05, 4.69) is 10.4 Å². The van der Waals surface area contributed by atoms with Crippen molar-refractivity contribution in [3.05, 3.63) is 53.0 Å². The number of para-hydroxylation sites is 1. The first-order chi connectivity index (χ1) is 7.84. The zero-order valence-corrected chi connectivity index (χ0v) is 8.60. The standard InChI is InChI=1S/C12H11N3O/c16-12-11(15-7-3-6-13-15)8-9-4-1-2-5-10(9)14-12/h1-6,8,13H,7H2,(H,14,16). The smallest absolute Gasteiger partial charge is 0.273 e. The van der Waals surface area contributed by atoms with Crippen LogP contribution in [0.4, 0.5) is 5.69 Å². The Hall–Kier alpha value is -2.23. The second-order valence-electron chi connectivity index (χ2n) is 3.71. The lowest BCUT2D eigenvalue weighted by Gasteiger charge is -2.17. The molecule has 0 amide bonds. The molecule has 0 radical (unpaired) electrons. The Morgan fingerprint density at radius 2 is 2.12 bits per heavy atom. The van der Waals surface area contributed by atoms with Gasteiger partial charge in [-0.05, 0) is 18.2 Å². The molecule has 0 aliphatic carbocycles. The summed E-state index contributed by atoms with van der Waals surface area (Å²) in [6, 6.07) is 9.65. The molecule has 0 fully saturated rings. The molecule has 0 spiro atoms. The van der Waals surface area contributed by atoms with Gasteiger partial charge in [-0.15, -0.1) is 0 Å². The predicted molar refractivity (Wildman–Crippen MR) is 64.2 cm³/mol. The van der Waals surface area contributed by atoms with Gasteiger partial charge in [0.05, 0.1) is 6.54 Å². The summed E-state index contributed by atoms with van der Waals surface area (Å²) >= 11 is 0. The lowest BCUT2D eigenvalue weighted by molar-refractivity contribution is 0.832. The van der Waals surface area contributed by atoms with Gasteiger partial charge in [0.1, 0.15) is 5.69 Å². The van der Waals surface area contributed by atoms with E-state index in [4.69, 9.17) is 0 Å². The van der Waals surface area contributed by atoms with Crippen LogP contribution in [-0.4, -0.2) is 11.5 Å². The van der Waals surface area contributed by atoms with E-state index >= 15 is 0 Å². The molecule has 2 heterocycles. The van der Waals surface area contributed by atoms with Crippen LogP contribution < -0.4 is 16.0 Å². The van der Waals surface area contributed by atoms with Crippen molar-refractivity contribution in [2.24, 2.45) is 0 Å². The van der Waals surface area contributed by atoms with E-state index in [0.717, 1.165) is 10.9 Å². The van der Waals surface area contributed by atoms with E-state index in [1.54, 1.807) is 0 Å². The summed E-state index contributed by atoms with van der Waals surface area (Å²) in [6.07, 6.45) is 3.79. The number of hydrazine groups is 1. The van der Waals surface area contributed by atoms with E-state index in [-0.39, 0.29) is 5.56 Å². The first kappa shape index (κ1) is 9.03. The average Bonchev–Trinajstić information content (AvgIpc) is 2.81. The second-order valence-corrected chi connectivity index (χ2v) is 3.71. The van der Waals surface area contributed by atoms with Crippen LogP contribution in [0.1, 0.15) is 0 Å². The van der Waals surface area contributed by atoms with Gasteiger partial charge in [0.2, 0.25) is 0 Å². The van der Waals surface area contributed by atoms with Crippen LogP contribution >= 0.6 is 0 Å². The highest BCUT2D eigenvalue weighted by Crippen LogP contribution is 2.15. The first-order valence-corrected chi connectivity index (χ1v) is 5.15. The maximum absolute atomic E-state index is 11.9. The topological polar surface area (TPSA) is 48.1 Å². The molecule has 0 unspecified atom stereocenters. The molecule has 80 valence electrons. The molecule has 0 saturated heterocycles. The molecule has 4 nitrogen and oxygen atoms in total. The fraction of sp³-hybridized carbons (Fsp3) is 0.0833. The van der Waals surface area contributed by atoms with Crippen LogP contribution in [-0.2, 0) is 0 Å². The van der Waals surface area contributed by atoms with Crippen molar-refractivity contribution in [1.29, 1.82) is 0 Å². The lowest BCUT2D eigenvalue weighted by Crippen LogP contribution is -2.34. The summed E-state index contributed by atoms with van der Waals surface area (Å²) in [5.74, 6) is 0. The molecule has 1 aliphatic rings. The van der Waals surface area contributed by atoms with Crippen molar-refractivity contribution >= 4 is 16.6 Å². The molecule has 1 aromatic heterocycles. The number of nitrogens with zero attached hydrogens (tertiary/aromatic N) is 1. The number of anilines is 1. The van der Waals surface area contributed by atoms with Crippen molar-refractivity contribution in [2.75, 3.05) is 11.6 Å². The summed E-state index contributed by atoms with van der Waals surface area (Å²) in [6.45, 7) is 0.710. The van der Waals surface area contributed by atoms with Crippen molar-refractivity contribution in [3.8, 4) is 0 Å². The molecule has 2 N–H and O–H groups in total. The van der Waals surface area contributed by atoms with Gasteiger partial charge < -0.3 is 10.4 Å². The third kappa shape index (κ3) is 1.35. The molecule has 3 rings (SSSR count). The maximum atomic E-state index is 11.9. The van der Waals surface area contributed by atoms with Gasteiger partial charge in [0.25, 0.3) is 5.56 Å². The summed E-state index contributed by atoms with van der Waals surface area (Å²) in [7, 11) is 0. The lowest BCUT2D eigenvalue weighted by atomic mass is 10.2. The highest BCUT2D eigenvalue weighted by atomic mass is 16.1. The SMILES string of the molecule is O=c1[nH]c2ccccc2cc1N1CC=CN1. The Kier molecular flexibility index (Phi) is 1.93. The number of hydrogen-bond donors (Lipinski definition) is 2. The van der Waals surface area contributed by atoms with Crippen LogP contribution in [0, 0.1) is 0 Å². The fourth-order valence-corrected chi connectivity index (χ4v) is 1.86. The second kappa shape index (κ2) is 3.41. The Balaban J connectivity index is 2.18. The molecule has 16 heavy (non-hydrogen) atoms. The Morgan fingerprint density at radius 3 is 2.94 bits per heavy atom. The van der Waals surface area contributed by atoms with Gasteiger partial charge in [-0.25, -0.2) is 0 Å². The Morgan fingerprint density at radius 1 is 1.25 bits per heavy atom. The normalized spacial score (nSPS) is 14.4. The van der Waals surface area contributed by atoms with Gasteiger partial charge in [-0.2, -0.15) is 0 Å². The molecule has 1 aliphatic heterocycles. The minimum Gasteiger partial charge on any atom is -0.320 e. The van der Waals surface area contributed by atoms with Crippen molar-refractivity contribution in [3.63, 3.8) is 0 Å². The highest BCUT2D eigenvalue weighted by Gasteiger charge is 2.11. The zero-order valence-electron chi connectivity index (χ0n) is 8.60. The number of H-pyrrole nitrogens is 1. The van der Waals surface area contributed by atoms with E-state index in [1.165, 1.54) is 0 Å². The number of aromatic nitrogens is 1. The van der Waals surface area contributed by atoms with Crippen molar-refractivity contribution in [1.82, 2.24) is 10.4 Å². The Bertz CT molecular complexity index is 607. The van der Waals surface area contributed by atoms with E-state index in [0.29, 0.717) is 12.2 Å². The van der Waals surface area contributed by atoms with E-state index < -0.39 is 0 Å². The summed E-state index contributed by atoms with van der Waals surface area (Å²) < 4.78 is 0. The van der Waals surface area contributed by atoms with Crippen LogP contribution in [0.5, 0.6) is 0 Å². The number of rotatable bonds is 1. The molecule has 1 aromatic carbocycles. The van der Waals surface area contributed by atoms with E-state index in [9.17, 15) is 4.79 Å². The highest BCUT2D eigenvalue weighted by molar-refractivity contribution is 5.81. The maximum Gasteiger partial charge on any atom is 0.273 e. The third-order valence-corrected chi connectivity index (χ3v) is 2.66. The van der Waals surface area contributed by atoms with E-state index in [1.807, 2.05) is 47.6 Å². The quantitative estimate of drug-likeness (QED) is 0.752. The fourth-order valence-electron chi connectivity index (χ4n) is 1.86. The molecule has 4 heteroatoms. The van der Waals surface area contributed by atoms with Crippen LogP contribution in [0.2, 0.25) is 0 Å². The molecular formula is C12H11N3O. The van der Waals surface area contributed by atoms with Gasteiger partial charge in [-0.1, -0.05) is 18.2 Å². The molecular weight excluding hydrogens is 202 g/mol. The monoisotopic (exact) mass is 213 g/mol. The van der Waals surface area contributed by atoms with Crippen molar-refractivity contribution in [2.45, 2.75) is 0 Å². The minimum absolute atomic E-state index is 0.0742. The molecule has 0 atom stereocenters.